The average Bonchev–Trinajstić information content (AvgIpc) is 2.45. The Hall–Kier alpha value is -1.95. The second kappa shape index (κ2) is 8.36. The monoisotopic (exact) mass is 309 g/mol. The van der Waals surface area contributed by atoms with Crippen molar-refractivity contribution in [3.05, 3.63) is 41.0 Å². The molecule has 114 valence electrons. The number of hydrogen-bond acceptors (Lipinski definition) is 3. The molecule has 2 N–H and O–H groups in total. The molecule has 0 aliphatic carbocycles. The molecule has 0 aromatic heterocycles. The Morgan fingerprint density at radius 1 is 1.38 bits per heavy atom. The number of benzene rings is 1. The van der Waals surface area contributed by atoms with E-state index in [0.29, 0.717) is 29.2 Å². The molecule has 0 heterocycles. The van der Waals surface area contributed by atoms with Crippen LogP contribution in [0.2, 0.25) is 0 Å². The van der Waals surface area contributed by atoms with Gasteiger partial charge in [0.1, 0.15) is 0 Å². The van der Waals surface area contributed by atoms with E-state index in [9.17, 15) is 13.8 Å². The summed E-state index contributed by atoms with van der Waals surface area (Å²) in [6.45, 7) is 4.03. The number of rotatable bonds is 7. The molecule has 21 heavy (non-hydrogen) atoms. The number of aryl methyl sites for hydroxylation is 1. The fraction of sp³-hybridized carbons (Fsp3) is 0.333. The van der Waals surface area contributed by atoms with Crippen LogP contribution in [0.1, 0.15) is 28.4 Å². The molecule has 1 atom stereocenters. The molecule has 0 aliphatic heterocycles. The predicted octanol–water partition coefficient (Wildman–Crippen LogP) is 1.59. The van der Waals surface area contributed by atoms with Crippen molar-refractivity contribution in [1.29, 1.82) is 0 Å². The normalized spacial score (nSPS) is 12.3. The van der Waals surface area contributed by atoms with Crippen LogP contribution in [0.25, 0.3) is 6.08 Å². The highest BCUT2D eigenvalue weighted by atomic mass is 32.2. The number of hydrogen-bond donors (Lipinski definition) is 2. The third-order valence-corrected chi connectivity index (χ3v) is 4.19. The van der Waals surface area contributed by atoms with Crippen LogP contribution >= 0.6 is 0 Å². The van der Waals surface area contributed by atoms with Crippen molar-refractivity contribution in [3.63, 3.8) is 0 Å². The van der Waals surface area contributed by atoms with Crippen LogP contribution in [-0.2, 0) is 15.6 Å². The quantitative estimate of drug-likeness (QED) is 0.749. The second-order valence-corrected chi connectivity index (χ2v) is 6.30. The van der Waals surface area contributed by atoms with Crippen molar-refractivity contribution in [2.45, 2.75) is 13.8 Å². The predicted molar refractivity (Wildman–Crippen MR) is 83.7 cm³/mol. The van der Waals surface area contributed by atoms with Crippen LogP contribution in [-0.4, -0.2) is 39.2 Å². The number of carboxylic acid groups (broad SMARTS) is 1. The van der Waals surface area contributed by atoms with E-state index in [1.807, 2.05) is 13.8 Å². The van der Waals surface area contributed by atoms with Crippen LogP contribution in [0, 0.1) is 6.92 Å². The topological polar surface area (TPSA) is 83.5 Å². The first-order chi connectivity index (χ1) is 9.93. The summed E-state index contributed by atoms with van der Waals surface area (Å²) in [4.78, 5) is 22.5. The summed E-state index contributed by atoms with van der Waals surface area (Å²) >= 11 is 0. The molecule has 1 aromatic carbocycles. The molecule has 0 saturated carbocycles. The number of amides is 1. The molecule has 0 radical (unpaired) electrons. The molecule has 1 aromatic rings. The van der Waals surface area contributed by atoms with E-state index in [2.05, 4.69) is 5.32 Å². The van der Waals surface area contributed by atoms with E-state index in [4.69, 9.17) is 5.11 Å². The first-order valence-electron chi connectivity index (χ1n) is 6.59. The van der Waals surface area contributed by atoms with Gasteiger partial charge in [0.2, 0.25) is 0 Å². The molecule has 0 spiro atoms. The maximum Gasteiger partial charge on any atom is 0.328 e. The van der Waals surface area contributed by atoms with Crippen molar-refractivity contribution < 1.29 is 18.9 Å². The van der Waals surface area contributed by atoms with Gasteiger partial charge in [-0.1, -0.05) is 13.0 Å². The van der Waals surface area contributed by atoms with Crippen molar-refractivity contribution in [2.24, 2.45) is 0 Å². The van der Waals surface area contributed by atoms with Gasteiger partial charge in [0.15, 0.2) is 0 Å². The SMILES string of the molecule is CCS(=O)CCNC(=O)c1ccc(C)c(/C=C/C(=O)O)c1. The first-order valence-corrected chi connectivity index (χ1v) is 8.07. The van der Waals surface area contributed by atoms with Crippen LogP contribution in [0.4, 0.5) is 0 Å². The van der Waals surface area contributed by atoms with E-state index in [1.165, 1.54) is 6.08 Å². The highest BCUT2D eigenvalue weighted by molar-refractivity contribution is 7.84. The summed E-state index contributed by atoms with van der Waals surface area (Å²) in [7, 11) is -0.907. The van der Waals surface area contributed by atoms with Gasteiger partial charge in [-0.15, -0.1) is 0 Å². The highest BCUT2D eigenvalue weighted by Crippen LogP contribution is 2.13. The lowest BCUT2D eigenvalue weighted by Crippen LogP contribution is -2.28. The second-order valence-electron chi connectivity index (χ2n) is 4.43. The lowest BCUT2D eigenvalue weighted by atomic mass is 10.0. The molecule has 1 rings (SSSR count). The molecule has 6 heteroatoms. The van der Waals surface area contributed by atoms with E-state index in [0.717, 1.165) is 11.6 Å². The van der Waals surface area contributed by atoms with E-state index < -0.39 is 16.8 Å². The average molecular weight is 309 g/mol. The first kappa shape index (κ1) is 17.1. The van der Waals surface area contributed by atoms with Crippen molar-refractivity contribution in [1.82, 2.24) is 5.32 Å². The Morgan fingerprint density at radius 2 is 2.10 bits per heavy atom. The van der Waals surface area contributed by atoms with Crippen LogP contribution < -0.4 is 5.32 Å². The van der Waals surface area contributed by atoms with Crippen molar-refractivity contribution in [3.8, 4) is 0 Å². The van der Waals surface area contributed by atoms with Crippen molar-refractivity contribution >= 4 is 28.8 Å². The largest absolute Gasteiger partial charge is 0.478 e. The molecule has 0 saturated heterocycles. The van der Waals surface area contributed by atoms with Crippen molar-refractivity contribution in [2.75, 3.05) is 18.1 Å². The standard InChI is InChI=1S/C15H19NO4S/c1-3-21(20)9-8-16-15(19)13-5-4-11(2)12(10-13)6-7-14(17)18/h4-7,10H,3,8-9H2,1-2H3,(H,16,19)(H,17,18)/b7-6+. The third kappa shape index (κ3) is 5.91. The molecule has 0 fully saturated rings. The number of carboxylic acids is 1. The summed E-state index contributed by atoms with van der Waals surface area (Å²) in [5, 5.41) is 11.3. The molecular formula is C15H19NO4S. The number of nitrogens with one attached hydrogen (secondary N) is 1. The zero-order valence-electron chi connectivity index (χ0n) is 12.1. The Morgan fingerprint density at radius 3 is 2.71 bits per heavy atom. The zero-order chi connectivity index (χ0) is 15.8. The number of carbonyl (C=O) groups is 2. The smallest absolute Gasteiger partial charge is 0.328 e. The van der Waals surface area contributed by atoms with E-state index in [-0.39, 0.29) is 5.91 Å². The summed E-state index contributed by atoms with van der Waals surface area (Å²) in [5.74, 6) is -0.288. The van der Waals surface area contributed by atoms with Gasteiger partial charge < -0.3 is 10.4 Å². The van der Waals surface area contributed by atoms with Gasteiger partial charge in [0.05, 0.1) is 0 Å². The van der Waals surface area contributed by atoms with Gasteiger partial charge >= 0.3 is 5.97 Å². The third-order valence-electron chi connectivity index (χ3n) is 2.88. The molecule has 1 amide bonds. The van der Waals surface area contributed by atoms with E-state index >= 15 is 0 Å². The van der Waals surface area contributed by atoms with Gasteiger partial charge in [-0.05, 0) is 36.3 Å². The Bertz CT molecular complexity index is 581. The molecule has 0 bridgehead atoms. The Balaban J connectivity index is 2.74. The lowest BCUT2D eigenvalue weighted by molar-refractivity contribution is -0.131. The molecule has 1 unspecified atom stereocenters. The summed E-state index contributed by atoms with van der Waals surface area (Å²) in [6.07, 6.45) is 2.50. The fourth-order valence-electron chi connectivity index (χ4n) is 1.65. The summed E-state index contributed by atoms with van der Waals surface area (Å²) in [5.41, 5.74) is 2.02. The van der Waals surface area contributed by atoms with Gasteiger partial charge in [0.25, 0.3) is 5.91 Å². The fourth-order valence-corrected chi connectivity index (χ4v) is 2.27. The minimum atomic E-state index is -1.04. The molecular weight excluding hydrogens is 290 g/mol. The lowest BCUT2D eigenvalue weighted by Gasteiger charge is -2.07. The molecule has 5 nitrogen and oxygen atoms in total. The minimum absolute atomic E-state index is 0.256. The summed E-state index contributed by atoms with van der Waals surface area (Å²) in [6, 6.07) is 5.08. The van der Waals surface area contributed by atoms with Crippen LogP contribution in [0.5, 0.6) is 0 Å². The molecule has 0 aliphatic rings. The van der Waals surface area contributed by atoms with Crippen LogP contribution in [0.15, 0.2) is 24.3 Å². The van der Waals surface area contributed by atoms with Crippen LogP contribution in [0.3, 0.4) is 0 Å². The van der Waals surface area contributed by atoms with Gasteiger partial charge in [-0.2, -0.15) is 0 Å². The van der Waals surface area contributed by atoms with Gasteiger partial charge in [-0.25, -0.2) is 4.79 Å². The van der Waals surface area contributed by atoms with E-state index in [1.54, 1.807) is 18.2 Å². The maximum atomic E-state index is 12.0. The van der Waals surface area contributed by atoms with Gasteiger partial charge in [0, 0.05) is 40.5 Å². The highest BCUT2D eigenvalue weighted by Gasteiger charge is 2.07. The van der Waals surface area contributed by atoms with Gasteiger partial charge in [-0.3, -0.25) is 9.00 Å². The Kier molecular flexibility index (Phi) is 6.81. The number of carbonyl (C=O) groups excluding carboxylic acids is 1. The minimum Gasteiger partial charge on any atom is -0.478 e. The number of aliphatic carboxylic acids is 1. The summed E-state index contributed by atoms with van der Waals surface area (Å²) < 4.78 is 11.3. The maximum absolute atomic E-state index is 12.0. The zero-order valence-corrected chi connectivity index (χ0v) is 12.9. The Labute approximate surface area is 126 Å².